The molecule has 24 heavy (non-hydrogen) atoms. The first kappa shape index (κ1) is 18.2. The van der Waals surface area contributed by atoms with E-state index in [0.29, 0.717) is 16.6 Å². The Morgan fingerprint density at radius 1 is 1.50 bits per heavy atom. The van der Waals surface area contributed by atoms with Crippen LogP contribution in [0.2, 0.25) is 0 Å². The molecule has 1 aliphatic rings. The van der Waals surface area contributed by atoms with Crippen molar-refractivity contribution in [2.75, 3.05) is 6.54 Å². The first-order valence-corrected chi connectivity index (χ1v) is 8.30. The summed E-state index contributed by atoms with van der Waals surface area (Å²) >= 11 is 6.81. The van der Waals surface area contributed by atoms with Crippen molar-refractivity contribution < 1.29 is 14.1 Å². The molecule has 1 aromatic rings. The average Bonchev–Trinajstić information content (AvgIpc) is 3.02. The summed E-state index contributed by atoms with van der Waals surface area (Å²) in [6, 6.07) is 2.72. The lowest BCUT2D eigenvalue weighted by atomic mass is 10.1. The number of allylic oxidation sites excluding steroid dienone is 1. The van der Waals surface area contributed by atoms with Crippen LogP contribution in [0, 0.1) is 15.3 Å². The van der Waals surface area contributed by atoms with Gasteiger partial charge in [-0.15, -0.1) is 6.58 Å². The number of thioether (sulfide) groups is 1. The molecule has 0 spiro atoms. The summed E-state index contributed by atoms with van der Waals surface area (Å²) in [4.78, 5) is 11.8. The summed E-state index contributed by atoms with van der Waals surface area (Å²) in [5.74, 6) is -0.0469. The number of nitro groups is 1. The van der Waals surface area contributed by atoms with Gasteiger partial charge in [0.15, 0.2) is 6.21 Å². The molecular weight excluding hydrogens is 350 g/mol. The highest BCUT2D eigenvalue weighted by atomic mass is 32.2. The van der Waals surface area contributed by atoms with Crippen LogP contribution in [0.4, 0.5) is 5.88 Å². The van der Waals surface area contributed by atoms with Crippen LogP contribution in [-0.2, 0) is 0 Å². The quantitative estimate of drug-likeness (QED) is 0.145. The van der Waals surface area contributed by atoms with Gasteiger partial charge in [-0.25, -0.2) is 0 Å². The maximum absolute atomic E-state index is 12.5. The van der Waals surface area contributed by atoms with Crippen LogP contribution >= 0.6 is 24.0 Å². The Balaban J connectivity index is 2.18. The number of hydrogen-bond donors (Lipinski definition) is 0. The van der Waals surface area contributed by atoms with E-state index < -0.39 is 11.1 Å². The van der Waals surface area contributed by atoms with Crippen molar-refractivity contribution in [3.63, 3.8) is 0 Å². The van der Waals surface area contributed by atoms with Gasteiger partial charge in [0.05, 0.1) is 6.07 Å². The second-order valence-electron chi connectivity index (χ2n) is 5.59. The summed E-state index contributed by atoms with van der Waals surface area (Å²) in [5.41, 5.74) is 0. The zero-order valence-corrected chi connectivity index (χ0v) is 14.9. The molecule has 0 N–H and O–H groups in total. The van der Waals surface area contributed by atoms with Gasteiger partial charge >= 0.3 is 5.88 Å². The fourth-order valence-corrected chi connectivity index (χ4v) is 4.30. The molecule has 0 bridgehead atoms. The highest BCUT2D eigenvalue weighted by Crippen LogP contribution is 2.41. The second kappa shape index (κ2) is 7.18. The van der Waals surface area contributed by atoms with E-state index >= 15 is 0 Å². The van der Waals surface area contributed by atoms with Crippen LogP contribution in [-0.4, -0.2) is 42.6 Å². The molecule has 1 saturated heterocycles. The number of rotatable bonds is 6. The zero-order valence-electron chi connectivity index (χ0n) is 13.2. The predicted molar refractivity (Wildman–Crippen MR) is 99.0 cm³/mol. The third-order valence-electron chi connectivity index (χ3n) is 3.35. The SMILES string of the molecule is C=CCN1C(=S)SC(C)(C)C1[N+]([O-])=CC=Cc1ccc([N+](=O)[O-])o1. The summed E-state index contributed by atoms with van der Waals surface area (Å²) in [6.45, 7) is 8.09. The lowest BCUT2D eigenvalue weighted by Gasteiger charge is -2.28. The molecule has 1 unspecified atom stereocenters. The van der Waals surface area contributed by atoms with Gasteiger partial charge in [-0.05, 0) is 26.0 Å². The maximum atomic E-state index is 12.5. The van der Waals surface area contributed by atoms with Crippen LogP contribution in [0.25, 0.3) is 6.08 Å². The lowest BCUT2D eigenvalue weighted by Crippen LogP contribution is -2.47. The van der Waals surface area contributed by atoms with Gasteiger partial charge < -0.3 is 9.62 Å². The summed E-state index contributed by atoms with van der Waals surface area (Å²) in [6.07, 6.45) is 5.56. The van der Waals surface area contributed by atoms with E-state index in [0.717, 1.165) is 4.74 Å². The van der Waals surface area contributed by atoms with Gasteiger partial charge in [-0.2, -0.15) is 4.74 Å². The Labute approximate surface area is 149 Å². The Kier molecular flexibility index (Phi) is 5.45. The molecule has 1 atom stereocenters. The first-order chi connectivity index (χ1) is 11.3. The number of furan rings is 1. The summed E-state index contributed by atoms with van der Waals surface area (Å²) in [7, 11) is 0. The minimum atomic E-state index is -0.618. The number of hydrogen-bond acceptors (Lipinski definition) is 6. The van der Waals surface area contributed by atoms with Gasteiger partial charge in [0.25, 0.3) is 6.17 Å². The minimum Gasteiger partial charge on any atom is -0.622 e. The molecule has 2 rings (SSSR count). The molecule has 1 aromatic heterocycles. The number of thiocarbonyl (C=S) groups is 1. The predicted octanol–water partition coefficient (Wildman–Crippen LogP) is 3.41. The molecule has 2 heterocycles. The van der Waals surface area contributed by atoms with E-state index in [1.54, 1.807) is 6.08 Å². The van der Waals surface area contributed by atoms with Gasteiger partial charge in [0.2, 0.25) is 0 Å². The highest BCUT2D eigenvalue weighted by Gasteiger charge is 2.49. The maximum Gasteiger partial charge on any atom is 0.433 e. The van der Waals surface area contributed by atoms with Crippen LogP contribution in [0.5, 0.6) is 0 Å². The Hall–Kier alpha value is -2.13. The summed E-state index contributed by atoms with van der Waals surface area (Å²) < 4.78 is 6.10. The van der Waals surface area contributed by atoms with Crippen molar-refractivity contribution in [2.45, 2.75) is 24.8 Å². The van der Waals surface area contributed by atoms with Crippen molar-refractivity contribution >= 4 is 46.5 Å². The average molecular weight is 367 g/mol. The van der Waals surface area contributed by atoms with Crippen LogP contribution in [0.15, 0.2) is 35.3 Å². The van der Waals surface area contributed by atoms with Crippen molar-refractivity contribution in [3.8, 4) is 0 Å². The smallest absolute Gasteiger partial charge is 0.433 e. The molecule has 0 saturated carbocycles. The van der Waals surface area contributed by atoms with Crippen LogP contribution in [0.1, 0.15) is 19.6 Å². The van der Waals surface area contributed by atoms with E-state index in [2.05, 4.69) is 6.58 Å². The number of hydroxylamine groups is 1. The number of nitrogens with zero attached hydrogens (tertiary/aromatic N) is 3. The molecule has 0 aliphatic carbocycles. The molecule has 0 radical (unpaired) electrons. The topological polar surface area (TPSA) is 85.6 Å². The fourth-order valence-electron chi connectivity index (χ4n) is 2.40. The Morgan fingerprint density at radius 3 is 2.79 bits per heavy atom. The van der Waals surface area contributed by atoms with E-state index in [1.165, 1.54) is 42.3 Å². The normalized spacial score (nSPS) is 20.8. The third-order valence-corrected chi connectivity index (χ3v) is 4.99. The van der Waals surface area contributed by atoms with Crippen LogP contribution in [0.3, 0.4) is 0 Å². The van der Waals surface area contributed by atoms with Crippen molar-refractivity contribution in [2.24, 2.45) is 0 Å². The Bertz CT molecular complexity index is 724. The van der Waals surface area contributed by atoms with Gasteiger partial charge in [-0.3, -0.25) is 15.0 Å². The molecular formula is C15H17N3O4S2. The van der Waals surface area contributed by atoms with Gasteiger partial charge in [0.1, 0.15) is 19.8 Å². The first-order valence-electron chi connectivity index (χ1n) is 7.08. The Morgan fingerprint density at radius 2 is 2.21 bits per heavy atom. The molecule has 7 nitrogen and oxygen atoms in total. The fraction of sp³-hybridized carbons (Fsp3) is 0.333. The van der Waals surface area contributed by atoms with Crippen molar-refractivity contribution in [1.29, 1.82) is 0 Å². The monoisotopic (exact) mass is 367 g/mol. The lowest BCUT2D eigenvalue weighted by molar-refractivity contribution is -0.522. The van der Waals surface area contributed by atoms with Crippen molar-refractivity contribution in [1.82, 2.24) is 4.90 Å². The molecule has 9 heteroatoms. The van der Waals surface area contributed by atoms with E-state index in [-0.39, 0.29) is 10.6 Å². The van der Waals surface area contributed by atoms with E-state index in [4.69, 9.17) is 16.6 Å². The molecule has 0 amide bonds. The highest BCUT2D eigenvalue weighted by molar-refractivity contribution is 8.24. The third kappa shape index (κ3) is 3.85. The van der Waals surface area contributed by atoms with Gasteiger partial charge in [-0.1, -0.05) is 30.1 Å². The standard InChI is InChI=1S/C15H17N3O4S2/c1-4-9-16-13(15(2,3)24-14(16)23)17(19)10-5-6-11-7-8-12(22-11)18(20)21/h4-8,10,13H,1,9H2,2-3H3. The van der Waals surface area contributed by atoms with Crippen LogP contribution < -0.4 is 0 Å². The second-order valence-corrected chi connectivity index (χ2v) is 7.88. The minimum absolute atomic E-state index is 0.296. The van der Waals surface area contributed by atoms with Crippen molar-refractivity contribution in [3.05, 3.63) is 51.9 Å². The molecule has 128 valence electrons. The summed E-state index contributed by atoms with van der Waals surface area (Å²) in [5, 5.41) is 23.1. The molecule has 1 aliphatic heterocycles. The van der Waals surface area contributed by atoms with E-state index in [1.807, 2.05) is 18.7 Å². The zero-order chi connectivity index (χ0) is 17.9. The van der Waals surface area contributed by atoms with Gasteiger partial charge in [0, 0.05) is 12.6 Å². The molecule has 0 aromatic carbocycles. The van der Waals surface area contributed by atoms with E-state index in [9.17, 15) is 15.3 Å². The largest absolute Gasteiger partial charge is 0.622 e. The molecule has 1 fully saturated rings.